The Morgan fingerprint density at radius 2 is 1.84 bits per heavy atom. The fraction of sp³-hybridized carbons (Fsp3) is 0.192. The van der Waals surface area contributed by atoms with Gasteiger partial charge >= 0.3 is 5.97 Å². The highest BCUT2D eigenvalue weighted by atomic mass is 16.6. The Labute approximate surface area is 180 Å². The maximum atomic E-state index is 12.1. The molecule has 1 fully saturated rings. The third kappa shape index (κ3) is 3.18. The van der Waals surface area contributed by atoms with Gasteiger partial charge in [-0.1, -0.05) is 44.2 Å². The molecule has 5 heteroatoms. The van der Waals surface area contributed by atoms with E-state index in [9.17, 15) is 9.90 Å². The number of hydrogen-bond acceptors (Lipinski definition) is 4. The smallest absolute Gasteiger partial charge is 0.345 e. The molecule has 2 unspecified atom stereocenters. The Hall–Kier alpha value is -3.57. The highest BCUT2D eigenvalue weighted by Gasteiger charge is 2.66. The van der Waals surface area contributed by atoms with E-state index in [-0.39, 0.29) is 0 Å². The minimum atomic E-state index is -1.44. The van der Waals surface area contributed by atoms with Gasteiger partial charge in [0.1, 0.15) is 6.10 Å². The highest BCUT2D eigenvalue weighted by Crippen LogP contribution is 2.57. The molecular weight excluding hydrogens is 388 g/mol. The predicted molar refractivity (Wildman–Crippen MR) is 119 cm³/mol. The Bertz CT molecular complexity index is 1290. The van der Waals surface area contributed by atoms with Crippen molar-refractivity contribution < 1.29 is 14.6 Å². The lowest BCUT2D eigenvalue weighted by molar-refractivity contribution is -0.143. The van der Waals surface area contributed by atoms with Crippen molar-refractivity contribution in [2.75, 3.05) is 0 Å². The second-order valence-electron chi connectivity index (χ2n) is 8.18. The normalized spacial score (nSPS) is 20.2. The molecule has 2 aromatic carbocycles. The number of aliphatic carboxylic acids is 1. The van der Waals surface area contributed by atoms with Crippen molar-refractivity contribution in [3.8, 4) is 11.1 Å². The number of nitrogens with zero attached hydrogens (tertiary/aromatic N) is 2. The third-order valence-electron chi connectivity index (χ3n) is 5.87. The zero-order valence-corrected chi connectivity index (χ0v) is 17.3. The van der Waals surface area contributed by atoms with Gasteiger partial charge in [0.25, 0.3) is 0 Å². The average molecular weight is 410 g/mol. The summed E-state index contributed by atoms with van der Waals surface area (Å²) >= 11 is 0. The van der Waals surface area contributed by atoms with Crippen LogP contribution in [0.1, 0.15) is 42.7 Å². The molecule has 1 saturated heterocycles. The van der Waals surface area contributed by atoms with Crippen LogP contribution in [0.5, 0.6) is 0 Å². The summed E-state index contributed by atoms with van der Waals surface area (Å²) in [5.41, 5.74) is 3.95. The van der Waals surface area contributed by atoms with Crippen molar-refractivity contribution in [1.29, 1.82) is 0 Å². The molecule has 2 aromatic heterocycles. The van der Waals surface area contributed by atoms with Crippen molar-refractivity contribution in [1.82, 2.24) is 9.97 Å². The van der Waals surface area contributed by atoms with Crippen LogP contribution in [-0.4, -0.2) is 21.0 Å². The van der Waals surface area contributed by atoms with E-state index >= 15 is 0 Å². The molecule has 3 heterocycles. The number of benzene rings is 2. The van der Waals surface area contributed by atoms with Gasteiger partial charge in [-0.3, -0.25) is 9.97 Å². The standard InChI is InChI=1S/C26H22N2O3/c1-16(2)20-14-18-9-6-12-28-23(18)21(15-20)17-7-5-8-19(13-17)24-26(31-24,25(29)30)22-10-3-4-11-27-22/h3-16,24H,1-2H3,(H,29,30). The van der Waals surface area contributed by atoms with Crippen molar-refractivity contribution in [3.05, 3.63) is 95.9 Å². The largest absolute Gasteiger partial charge is 0.479 e. The first-order chi connectivity index (χ1) is 15.0. The molecular formula is C26H22N2O3. The number of hydrogen-bond donors (Lipinski definition) is 1. The number of carboxylic acid groups (broad SMARTS) is 1. The quantitative estimate of drug-likeness (QED) is 0.442. The SMILES string of the molecule is CC(C)c1cc(-c2cccc(C3OC3(C(=O)O)c3ccccn3)c2)c2ncccc2c1. The van der Waals surface area contributed by atoms with E-state index in [4.69, 9.17) is 4.74 Å². The predicted octanol–water partition coefficient (Wildman–Crippen LogP) is 5.47. The molecule has 1 N–H and O–H groups in total. The Balaban J connectivity index is 1.61. The van der Waals surface area contributed by atoms with Crippen LogP contribution in [0.4, 0.5) is 0 Å². The second kappa shape index (κ2) is 7.29. The minimum absolute atomic E-state index is 0.377. The molecule has 1 aliphatic heterocycles. The number of carbonyl (C=O) groups is 1. The van der Waals surface area contributed by atoms with Crippen molar-refractivity contribution in [2.45, 2.75) is 31.5 Å². The topological polar surface area (TPSA) is 75.6 Å². The molecule has 2 atom stereocenters. The van der Waals surface area contributed by atoms with Gasteiger partial charge in [-0.05, 0) is 59.0 Å². The van der Waals surface area contributed by atoms with Gasteiger partial charge in [0, 0.05) is 23.3 Å². The van der Waals surface area contributed by atoms with Crippen LogP contribution in [-0.2, 0) is 15.1 Å². The van der Waals surface area contributed by atoms with Crippen LogP contribution in [0.15, 0.2) is 79.1 Å². The number of carboxylic acids is 1. The van der Waals surface area contributed by atoms with Crippen LogP contribution in [0.25, 0.3) is 22.0 Å². The van der Waals surface area contributed by atoms with Crippen molar-refractivity contribution in [2.24, 2.45) is 0 Å². The van der Waals surface area contributed by atoms with E-state index in [1.165, 1.54) is 5.56 Å². The van der Waals surface area contributed by atoms with E-state index in [1.807, 2.05) is 30.3 Å². The molecule has 154 valence electrons. The van der Waals surface area contributed by atoms with E-state index in [0.717, 1.165) is 27.6 Å². The lowest BCUT2D eigenvalue weighted by atomic mass is 9.91. The number of ether oxygens (including phenoxy) is 1. The zero-order chi connectivity index (χ0) is 21.6. The van der Waals surface area contributed by atoms with Crippen LogP contribution >= 0.6 is 0 Å². The van der Waals surface area contributed by atoms with Gasteiger partial charge in [0.15, 0.2) is 0 Å². The van der Waals surface area contributed by atoms with Crippen LogP contribution in [0.2, 0.25) is 0 Å². The summed E-state index contributed by atoms with van der Waals surface area (Å²) < 4.78 is 5.80. The molecule has 0 saturated carbocycles. The molecule has 31 heavy (non-hydrogen) atoms. The maximum absolute atomic E-state index is 12.1. The van der Waals surface area contributed by atoms with E-state index in [1.54, 1.807) is 30.6 Å². The molecule has 5 rings (SSSR count). The summed E-state index contributed by atoms with van der Waals surface area (Å²) in [5, 5.41) is 11.0. The molecule has 1 aliphatic rings. The lowest BCUT2D eigenvalue weighted by Crippen LogP contribution is -2.23. The van der Waals surface area contributed by atoms with Gasteiger partial charge in [0.2, 0.25) is 5.60 Å². The van der Waals surface area contributed by atoms with E-state index in [0.29, 0.717) is 11.6 Å². The van der Waals surface area contributed by atoms with Gasteiger partial charge in [-0.2, -0.15) is 0 Å². The van der Waals surface area contributed by atoms with Gasteiger partial charge in [-0.25, -0.2) is 4.79 Å². The lowest BCUT2D eigenvalue weighted by Gasteiger charge is -2.13. The number of rotatable bonds is 5. The Morgan fingerprint density at radius 1 is 1.00 bits per heavy atom. The molecule has 4 aromatic rings. The zero-order valence-electron chi connectivity index (χ0n) is 17.3. The summed E-state index contributed by atoms with van der Waals surface area (Å²) in [6.07, 6.45) is 2.79. The van der Waals surface area contributed by atoms with E-state index < -0.39 is 17.7 Å². The maximum Gasteiger partial charge on any atom is 0.345 e. The molecule has 0 spiro atoms. The van der Waals surface area contributed by atoms with Crippen LogP contribution in [0, 0.1) is 0 Å². The molecule has 0 bridgehead atoms. The summed E-state index contributed by atoms with van der Waals surface area (Å²) in [6, 6.07) is 21.5. The first kappa shape index (κ1) is 19.4. The summed E-state index contributed by atoms with van der Waals surface area (Å²) in [7, 11) is 0. The minimum Gasteiger partial charge on any atom is -0.479 e. The fourth-order valence-corrected chi connectivity index (χ4v) is 4.14. The molecule has 0 radical (unpaired) electrons. The number of fused-ring (bicyclic) bond motifs is 1. The van der Waals surface area contributed by atoms with Gasteiger partial charge in [-0.15, -0.1) is 0 Å². The molecule has 0 aliphatic carbocycles. The Kier molecular flexibility index (Phi) is 4.56. The first-order valence-electron chi connectivity index (χ1n) is 10.3. The Morgan fingerprint density at radius 3 is 2.58 bits per heavy atom. The van der Waals surface area contributed by atoms with Crippen molar-refractivity contribution >= 4 is 16.9 Å². The first-order valence-corrected chi connectivity index (χ1v) is 10.3. The van der Waals surface area contributed by atoms with Crippen molar-refractivity contribution in [3.63, 3.8) is 0 Å². The van der Waals surface area contributed by atoms with Gasteiger partial charge in [0.05, 0.1) is 11.2 Å². The number of epoxide rings is 1. The fourth-order valence-electron chi connectivity index (χ4n) is 4.14. The molecule has 5 nitrogen and oxygen atoms in total. The summed E-state index contributed by atoms with van der Waals surface area (Å²) in [6.45, 7) is 4.34. The number of pyridine rings is 2. The highest BCUT2D eigenvalue weighted by molar-refractivity contribution is 5.94. The van der Waals surface area contributed by atoms with Gasteiger partial charge < -0.3 is 9.84 Å². The summed E-state index contributed by atoms with van der Waals surface area (Å²) in [4.78, 5) is 21.0. The molecule has 0 amide bonds. The number of aromatic nitrogens is 2. The summed E-state index contributed by atoms with van der Waals surface area (Å²) in [5.74, 6) is -0.655. The average Bonchev–Trinajstić information content (AvgIpc) is 3.56. The van der Waals surface area contributed by atoms with Crippen LogP contribution < -0.4 is 0 Å². The van der Waals surface area contributed by atoms with Crippen LogP contribution in [0.3, 0.4) is 0 Å². The van der Waals surface area contributed by atoms with E-state index in [2.05, 4.69) is 42.0 Å². The monoisotopic (exact) mass is 410 g/mol. The third-order valence-corrected chi connectivity index (χ3v) is 5.87. The second-order valence-corrected chi connectivity index (χ2v) is 8.18.